The van der Waals surface area contributed by atoms with Gasteiger partial charge in [-0.05, 0) is 54.8 Å². The molecule has 144 valence electrons. The summed E-state index contributed by atoms with van der Waals surface area (Å²) in [7, 11) is 0. The second-order valence-electron chi connectivity index (χ2n) is 7.08. The van der Waals surface area contributed by atoms with E-state index in [2.05, 4.69) is 15.2 Å². The highest BCUT2D eigenvalue weighted by atomic mass is 32.1. The van der Waals surface area contributed by atoms with Crippen molar-refractivity contribution in [2.45, 2.75) is 19.4 Å². The van der Waals surface area contributed by atoms with Crippen molar-refractivity contribution in [2.75, 3.05) is 18.4 Å². The molecule has 28 heavy (non-hydrogen) atoms. The monoisotopic (exact) mass is 395 g/mol. The lowest BCUT2D eigenvalue weighted by atomic mass is 9.97. The molecule has 1 aromatic heterocycles. The normalized spacial score (nSPS) is 17.4. The number of rotatable bonds is 5. The second-order valence-corrected chi connectivity index (χ2v) is 8.06. The third-order valence-corrected chi connectivity index (χ3v) is 5.79. The number of thiazole rings is 1. The van der Waals surface area contributed by atoms with Crippen LogP contribution in [0.3, 0.4) is 0 Å². The summed E-state index contributed by atoms with van der Waals surface area (Å²) in [5, 5.41) is 6.10. The first-order valence-corrected chi connectivity index (χ1v) is 10.3. The lowest BCUT2D eigenvalue weighted by molar-refractivity contribution is -0.121. The number of anilines is 1. The Morgan fingerprint density at radius 3 is 2.82 bits per heavy atom. The number of hydrogen-bond donors (Lipinski definition) is 1. The summed E-state index contributed by atoms with van der Waals surface area (Å²) in [5.74, 6) is -0.214. The third kappa shape index (κ3) is 4.64. The molecule has 1 aliphatic heterocycles. The first-order chi connectivity index (χ1) is 13.7. The molecule has 2 aromatic carbocycles. The van der Waals surface area contributed by atoms with Crippen LogP contribution in [0, 0.1) is 11.7 Å². The van der Waals surface area contributed by atoms with Gasteiger partial charge in [0.25, 0.3) is 0 Å². The maximum absolute atomic E-state index is 13.4. The van der Waals surface area contributed by atoms with Gasteiger partial charge < -0.3 is 5.32 Å². The van der Waals surface area contributed by atoms with Crippen molar-refractivity contribution in [3.63, 3.8) is 0 Å². The number of benzene rings is 2. The molecule has 0 saturated carbocycles. The lowest BCUT2D eigenvalue weighted by Gasteiger charge is -2.31. The Morgan fingerprint density at radius 1 is 1.21 bits per heavy atom. The fourth-order valence-corrected chi connectivity index (χ4v) is 4.25. The highest BCUT2D eigenvalue weighted by molar-refractivity contribution is 7.09. The fraction of sp³-hybridized carbons (Fsp3) is 0.273. The van der Waals surface area contributed by atoms with E-state index in [1.807, 2.05) is 41.9 Å². The van der Waals surface area contributed by atoms with Crippen molar-refractivity contribution in [2.24, 2.45) is 5.92 Å². The molecule has 3 aromatic rings. The number of likely N-dealkylation sites (tertiary alicyclic amines) is 1. The van der Waals surface area contributed by atoms with Gasteiger partial charge in [-0.15, -0.1) is 11.3 Å². The number of hydrogen-bond acceptors (Lipinski definition) is 4. The van der Waals surface area contributed by atoms with Gasteiger partial charge in [0.05, 0.1) is 12.5 Å². The van der Waals surface area contributed by atoms with Crippen molar-refractivity contribution >= 4 is 22.9 Å². The first-order valence-electron chi connectivity index (χ1n) is 9.45. The van der Waals surface area contributed by atoms with Crippen LogP contribution in [0.2, 0.25) is 0 Å². The third-order valence-electron chi connectivity index (χ3n) is 5.03. The van der Waals surface area contributed by atoms with E-state index in [1.165, 1.54) is 12.1 Å². The molecular formula is C22H22FN3OS. The minimum atomic E-state index is -0.255. The second kappa shape index (κ2) is 8.63. The summed E-state index contributed by atoms with van der Waals surface area (Å²) in [6, 6.07) is 14.0. The molecule has 0 aliphatic carbocycles. The van der Waals surface area contributed by atoms with E-state index < -0.39 is 0 Å². The SMILES string of the molecule is O=C(Nc1ccc(-c2cccc(F)c2)cc1)C1CCCN(Cc2nccs2)C1. The van der Waals surface area contributed by atoms with Gasteiger partial charge in [0, 0.05) is 23.8 Å². The highest BCUT2D eigenvalue weighted by Gasteiger charge is 2.26. The van der Waals surface area contributed by atoms with E-state index in [0.717, 1.165) is 54.3 Å². The van der Waals surface area contributed by atoms with Crippen LogP contribution in [-0.2, 0) is 11.3 Å². The van der Waals surface area contributed by atoms with Gasteiger partial charge in [-0.1, -0.05) is 24.3 Å². The number of carbonyl (C=O) groups is 1. The number of aromatic nitrogens is 1. The van der Waals surface area contributed by atoms with Gasteiger partial charge >= 0.3 is 0 Å². The topological polar surface area (TPSA) is 45.2 Å². The molecule has 2 heterocycles. The molecule has 1 fully saturated rings. The largest absolute Gasteiger partial charge is 0.326 e. The van der Waals surface area contributed by atoms with E-state index in [-0.39, 0.29) is 17.6 Å². The summed E-state index contributed by atoms with van der Waals surface area (Å²) in [4.78, 5) is 19.4. The summed E-state index contributed by atoms with van der Waals surface area (Å²) in [6.45, 7) is 2.57. The number of nitrogens with zero attached hydrogens (tertiary/aromatic N) is 2. The van der Waals surface area contributed by atoms with E-state index in [4.69, 9.17) is 0 Å². The van der Waals surface area contributed by atoms with Gasteiger partial charge in [-0.3, -0.25) is 9.69 Å². The summed E-state index contributed by atoms with van der Waals surface area (Å²) in [5.41, 5.74) is 2.51. The maximum Gasteiger partial charge on any atom is 0.228 e. The number of amides is 1. The van der Waals surface area contributed by atoms with Gasteiger partial charge in [-0.2, -0.15) is 0 Å². The summed E-state index contributed by atoms with van der Waals surface area (Å²) in [6.07, 6.45) is 3.74. The molecule has 1 saturated heterocycles. The zero-order valence-corrected chi connectivity index (χ0v) is 16.3. The highest BCUT2D eigenvalue weighted by Crippen LogP contribution is 2.24. The minimum Gasteiger partial charge on any atom is -0.326 e. The van der Waals surface area contributed by atoms with E-state index >= 15 is 0 Å². The Bertz CT molecular complexity index is 927. The van der Waals surface area contributed by atoms with Gasteiger partial charge in [-0.25, -0.2) is 9.37 Å². The number of halogens is 1. The van der Waals surface area contributed by atoms with E-state index in [1.54, 1.807) is 17.4 Å². The minimum absolute atomic E-state index is 0.0170. The van der Waals surface area contributed by atoms with Crippen molar-refractivity contribution in [1.29, 1.82) is 0 Å². The Morgan fingerprint density at radius 2 is 2.07 bits per heavy atom. The Hall–Kier alpha value is -2.57. The summed E-state index contributed by atoms with van der Waals surface area (Å²) < 4.78 is 13.4. The van der Waals surface area contributed by atoms with Crippen LogP contribution < -0.4 is 5.32 Å². The van der Waals surface area contributed by atoms with Crippen LogP contribution in [0.4, 0.5) is 10.1 Å². The van der Waals surface area contributed by atoms with Gasteiger partial charge in [0.2, 0.25) is 5.91 Å². The standard InChI is InChI=1S/C22H22FN3OS/c23-19-5-1-3-17(13-19)16-6-8-20(9-7-16)25-22(27)18-4-2-11-26(14-18)15-21-24-10-12-28-21/h1,3,5-10,12-13,18H,2,4,11,14-15H2,(H,25,27). The molecule has 1 unspecified atom stereocenters. The van der Waals surface area contributed by atoms with Crippen LogP contribution in [0.25, 0.3) is 11.1 Å². The van der Waals surface area contributed by atoms with Gasteiger partial charge in [0.15, 0.2) is 0 Å². The molecule has 1 atom stereocenters. The van der Waals surface area contributed by atoms with Crippen molar-refractivity contribution in [3.05, 3.63) is 70.9 Å². The van der Waals surface area contributed by atoms with Gasteiger partial charge in [0.1, 0.15) is 10.8 Å². The fourth-order valence-electron chi connectivity index (χ4n) is 3.59. The van der Waals surface area contributed by atoms with Crippen LogP contribution in [0.5, 0.6) is 0 Å². The zero-order valence-electron chi connectivity index (χ0n) is 15.5. The molecule has 1 amide bonds. The molecule has 0 spiro atoms. The molecule has 1 aliphatic rings. The number of carbonyl (C=O) groups excluding carboxylic acids is 1. The molecule has 0 bridgehead atoms. The van der Waals surface area contributed by atoms with Crippen LogP contribution in [0.15, 0.2) is 60.1 Å². The van der Waals surface area contributed by atoms with Crippen LogP contribution >= 0.6 is 11.3 Å². The smallest absolute Gasteiger partial charge is 0.228 e. The van der Waals surface area contributed by atoms with Crippen LogP contribution in [0.1, 0.15) is 17.8 Å². The summed E-state index contributed by atoms with van der Waals surface area (Å²) >= 11 is 1.65. The van der Waals surface area contributed by atoms with E-state index in [0.29, 0.717) is 0 Å². The lowest BCUT2D eigenvalue weighted by Crippen LogP contribution is -2.40. The Kier molecular flexibility index (Phi) is 5.78. The van der Waals surface area contributed by atoms with E-state index in [9.17, 15) is 9.18 Å². The van der Waals surface area contributed by atoms with Crippen molar-refractivity contribution < 1.29 is 9.18 Å². The molecule has 4 rings (SSSR count). The average Bonchev–Trinajstić information content (AvgIpc) is 3.22. The van der Waals surface area contributed by atoms with Crippen LogP contribution in [-0.4, -0.2) is 28.9 Å². The predicted molar refractivity (Wildman–Crippen MR) is 111 cm³/mol. The Labute approximate surface area is 168 Å². The molecule has 4 nitrogen and oxygen atoms in total. The molecular weight excluding hydrogens is 373 g/mol. The number of piperidine rings is 1. The van der Waals surface area contributed by atoms with Crippen molar-refractivity contribution in [3.8, 4) is 11.1 Å². The predicted octanol–water partition coefficient (Wildman–Crippen LogP) is 4.80. The Balaban J connectivity index is 1.36. The molecule has 1 N–H and O–H groups in total. The quantitative estimate of drug-likeness (QED) is 0.675. The molecule has 0 radical (unpaired) electrons. The maximum atomic E-state index is 13.4. The van der Waals surface area contributed by atoms with Crippen molar-refractivity contribution in [1.82, 2.24) is 9.88 Å². The zero-order chi connectivity index (χ0) is 19.3. The average molecular weight is 396 g/mol. The number of nitrogens with one attached hydrogen (secondary N) is 1. The first kappa shape index (κ1) is 18.8. The molecule has 6 heteroatoms.